The molecule has 0 radical (unpaired) electrons. The van der Waals surface area contributed by atoms with Crippen molar-refractivity contribution >= 4 is 5.97 Å². The SMILES string of the molecule is CC(=O)OC1=C[C@@H](O)CC2=CC[C@@H]3[C@H](CC[C@]4(C)[C@@H]([C@H](C)CCCC(C)C)CC[C@@H]34)[C@]21C. The minimum Gasteiger partial charge on any atom is -0.431 e. The second-order valence-electron chi connectivity index (χ2n) is 12.5. The van der Waals surface area contributed by atoms with Crippen LogP contribution in [0.1, 0.15) is 99.3 Å². The van der Waals surface area contributed by atoms with E-state index in [-0.39, 0.29) is 11.4 Å². The smallest absolute Gasteiger partial charge is 0.307 e. The quantitative estimate of drug-likeness (QED) is 0.354. The van der Waals surface area contributed by atoms with Gasteiger partial charge >= 0.3 is 5.97 Å². The highest BCUT2D eigenvalue weighted by molar-refractivity contribution is 5.68. The third-order valence-corrected chi connectivity index (χ3v) is 10.2. The molecule has 32 heavy (non-hydrogen) atoms. The highest BCUT2D eigenvalue weighted by Gasteiger charge is 2.60. The number of esters is 1. The lowest BCUT2D eigenvalue weighted by atomic mass is 9.47. The summed E-state index contributed by atoms with van der Waals surface area (Å²) >= 11 is 0. The van der Waals surface area contributed by atoms with E-state index in [9.17, 15) is 9.90 Å². The molecule has 0 unspecified atom stereocenters. The van der Waals surface area contributed by atoms with Crippen molar-refractivity contribution in [2.45, 2.75) is 105 Å². The zero-order valence-electron chi connectivity index (χ0n) is 21.3. The van der Waals surface area contributed by atoms with Gasteiger partial charge in [0.2, 0.25) is 0 Å². The highest BCUT2D eigenvalue weighted by Crippen LogP contribution is 2.67. The molecule has 0 amide bonds. The lowest BCUT2D eigenvalue weighted by molar-refractivity contribution is -0.140. The molecule has 0 aromatic carbocycles. The van der Waals surface area contributed by atoms with Gasteiger partial charge in [0.1, 0.15) is 5.76 Å². The number of ether oxygens (including phenoxy) is 1. The summed E-state index contributed by atoms with van der Waals surface area (Å²) in [5.41, 5.74) is 1.50. The largest absolute Gasteiger partial charge is 0.431 e. The minimum atomic E-state index is -0.545. The zero-order valence-corrected chi connectivity index (χ0v) is 21.3. The Balaban J connectivity index is 1.56. The van der Waals surface area contributed by atoms with E-state index >= 15 is 0 Å². The Morgan fingerprint density at radius 1 is 1.16 bits per heavy atom. The van der Waals surface area contributed by atoms with Crippen LogP contribution in [0.3, 0.4) is 0 Å². The second kappa shape index (κ2) is 8.93. The molecule has 0 aliphatic heterocycles. The third kappa shape index (κ3) is 4.01. The van der Waals surface area contributed by atoms with E-state index in [2.05, 4.69) is 40.7 Å². The van der Waals surface area contributed by atoms with Gasteiger partial charge in [-0.25, -0.2) is 0 Å². The predicted molar refractivity (Wildman–Crippen MR) is 130 cm³/mol. The van der Waals surface area contributed by atoms with Crippen LogP contribution in [0.15, 0.2) is 23.5 Å². The van der Waals surface area contributed by atoms with Gasteiger partial charge in [-0.15, -0.1) is 0 Å². The van der Waals surface area contributed by atoms with E-state index in [1.54, 1.807) is 0 Å². The molecule has 2 fully saturated rings. The van der Waals surface area contributed by atoms with Gasteiger partial charge in [0.15, 0.2) is 0 Å². The Morgan fingerprint density at radius 3 is 2.59 bits per heavy atom. The molecule has 0 aromatic heterocycles. The predicted octanol–water partition coefficient (Wildman–Crippen LogP) is 7.06. The number of hydrogen-bond donors (Lipinski definition) is 1. The summed E-state index contributed by atoms with van der Waals surface area (Å²) in [6.07, 6.45) is 14.8. The molecule has 0 heterocycles. The van der Waals surface area contributed by atoms with E-state index in [0.717, 1.165) is 30.1 Å². The van der Waals surface area contributed by atoms with Crippen LogP contribution < -0.4 is 0 Å². The van der Waals surface area contributed by atoms with Gasteiger partial charge in [0.05, 0.1) is 6.10 Å². The van der Waals surface area contributed by atoms with Crippen molar-refractivity contribution in [1.82, 2.24) is 0 Å². The minimum absolute atomic E-state index is 0.240. The van der Waals surface area contributed by atoms with E-state index in [4.69, 9.17) is 4.74 Å². The molecular formula is C29H46O3. The zero-order chi connectivity index (χ0) is 23.3. The molecule has 180 valence electrons. The Hall–Kier alpha value is -1.09. The van der Waals surface area contributed by atoms with Crippen LogP contribution >= 0.6 is 0 Å². The van der Waals surface area contributed by atoms with Crippen LogP contribution in [0.25, 0.3) is 0 Å². The average molecular weight is 443 g/mol. The fourth-order valence-electron chi connectivity index (χ4n) is 8.65. The number of hydrogen-bond acceptors (Lipinski definition) is 3. The van der Waals surface area contributed by atoms with E-state index in [0.29, 0.717) is 29.4 Å². The lowest BCUT2D eigenvalue weighted by Gasteiger charge is -2.57. The van der Waals surface area contributed by atoms with Crippen LogP contribution in [-0.2, 0) is 9.53 Å². The number of fused-ring (bicyclic) bond motifs is 5. The maximum Gasteiger partial charge on any atom is 0.307 e. The van der Waals surface area contributed by atoms with Crippen LogP contribution in [0.5, 0.6) is 0 Å². The molecule has 2 saturated carbocycles. The van der Waals surface area contributed by atoms with Crippen molar-refractivity contribution in [3.05, 3.63) is 23.5 Å². The molecule has 4 aliphatic carbocycles. The molecular weight excluding hydrogens is 396 g/mol. The van der Waals surface area contributed by atoms with E-state index < -0.39 is 6.10 Å². The van der Waals surface area contributed by atoms with Crippen molar-refractivity contribution in [2.24, 2.45) is 46.3 Å². The molecule has 0 aromatic rings. The topological polar surface area (TPSA) is 46.5 Å². The molecule has 8 atom stereocenters. The van der Waals surface area contributed by atoms with Gasteiger partial charge in [-0.2, -0.15) is 0 Å². The van der Waals surface area contributed by atoms with Gasteiger partial charge < -0.3 is 9.84 Å². The number of carbonyl (C=O) groups is 1. The monoisotopic (exact) mass is 442 g/mol. The Labute approximate surface area is 196 Å². The van der Waals surface area contributed by atoms with Gasteiger partial charge in [-0.1, -0.05) is 58.6 Å². The van der Waals surface area contributed by atoms with Gasteiger partial charge in [-0.05, 0) is 92.4 Å². The first-order valence-electron chi connectivity index (χ1n) is 13.4. The van der Waals surface area contributed by atoms with Crippen molar-refractivity contribution in [2.75, 3.05) is 0 Å². The number of aliphatic hydroxyl groups is 1. The Bertz CT molecular complexity index is 779. The number of carbonyl (C=O) groups excluding carboxylic acids is 1. The Kier molecular flexibility index (Phi) is 6.71. The molecule has 1 N–H and O–H groups in total. The van der Waals surface area contributed by atoms with E-state index in [1.165, 1.54) is 57.4 Å². The maximum absolute atomic E-state index is 11.9. The molecule has 4 rings (SSSR count). The number of allylic oxidation sites excluding steroid dienone is 2. The van der Waals surface area contributed by atoms with Crippen LogP contribution in [0.2, 0.25) is 0 Å². The fourth-order valence-corrected chi connectivity index (χ4v) is 8.65. The standard InChI is InChI=1S/C29H46O3/c1-18(2)8-7-9-19(3)24-12-13-25-23-11-10-21-16-22(31)17-27(32-20(4)30)29(21,6)26(23)14-15-28(24,25)5/h10,17-19,22-26,31H,7-9,11-16H2,1-6H3/t19-,22+,23+,24-,25+,26+,28-,29+/m1/s1. The summed E-state index contributed by atoms with van der Waals surface area (Å²) in [5, 5.41) is 10.4. The summed E-state index contributed by atoms with van der Waals surface area (Å²) < 4.78 is 5.76. The molecule has 3 heteroatoms. The Morgan fingerprint density at radius 2 is 1.91 bits per heavy atom. The molecule has 3 nitrogen and oxygen atoms in total. The first-order valence-corrected chi connectivity index (χ1v) is 13.4. The van der Waals surface area contributed by atoms with Crippen molar-refractivity contribution < 1.29 is 14.6 Å². The van der Waals surface area contributed by atoms with E-state index in [1.807, 2.05) is 6.08 Å². The second-order valence-corrected chi connectivity index (χ2v) is 12.5. The summed E-state index contributed by atoms with van der Waals surface area (Å²) in [7, 11) is 0. The van der Waals surface area contributed by atoms with Gasteiger partial charge in [0, 0.05) is 12.3 Å². The van der Waals surface area contributed by atoms with Crippen molar-refractivity contribution in [1.29, 1.82) is 0 Å². The average Bonchev–Trinajstić information content (AvgIpc) is 3.05. The summed E-state index contributed by atoms with van der Waals surface area (Å²) in [5.74, 6) is 4.83. The third-order valence-electron chi connectivity index (χ3n) is 10.2. The van der Waals surface area contributed by atoms with Crippen LogP contribution in [0.4, 0.5) is 0 Å². The van der Waals surface area contributed by atoms with Gasteiger partial charge in [0.25, 0.3) is 0 Å². The summed E-state index contributed by atoms with van der Waals surface area (Å²) in [6, 6.07) is 0. The first-order chi connectivity index (χ1) is 15.1. The van der Waals surface area contributed by atoms with Crippen LogP contribution in [0, 0.1) is 46.3 Å². The highest BCUT2D eigenvalue weighted by atomic mass is 16.5. The molecule has 4 aliphatic rings. The molecule has 0 saturated heterocycles. The van der Waals surface area contributed by atoms with Crippen LogP contribution in [-0.4, -0.2) is 17.2 Å². The van der Waals surface area contributed by atoms with Crippen molar-refractivity contribution in [3.8, 4) is 0 Å². The number of aliphatic hydroxyl groups excluding tert-OH is 1. The summed E-state index contributed by atoms with van der Waals surface area (Å²) in [4.78, 5) is 11.9. The normalized spacial score (nSPS) is 41.8. The maximum atomic E-state index is 11.9. The fraction of sp³-hybridized carbons (Fsp3) is 0.828. The molecule has 0 spiro atoms. The first kappa shape index (κ1) is 24.0. The lowest BCUT2D eigenvalue weighted by Crippen LogP contribution is -2.51. The van der Waals surface area contributed by atoms with Crippen molar-refractivity contribution in [3.63, 3.8) is 0 Å². The summed E-state index contributed by atoms with van der Waals surface area (Å²) in [6.45, 7) is 13.6. The molecule has 0 bridgehead atoms. The van der Waals surface area contributed by atoms with Gasteiger partial charge in [-0.3, -0.25) is 4.79 Å². The number of rotatable bonds is 6.